The summed E-state index contributed by atoms with van der Waals surface area (Å²) in [5.41, 5.74) is 0. The molecule has 3 saturated heterocycles. The smallest absolute Gasteiger partial charge is 0.364 e. The van der Waals surface area contributed by atoms with E-state index in [1.807, 2.05) is 6.08 Å². The van der Waals surface area contributed by atoms with Crippen LogP contribution in [0, 0.1) is 0 Å². The van der Waals surface area contributed by atoms with Gasteiger partial charge in [0.15, 0.2) is 12.6 Å². The Labute approximate surface area is 618 Å². The molecule has 18 atom stereocenters. The lowest BCUT2D eigenvalue weighted by Gasteiger charge is -2.50. The molecule has 2 amide bonds. The first-order valence-corrected chi connectivity index (χ1v) is 40.9. The van der Waals surface area contributed by atoms with Gasteiger partial charge in [0.1, 0.15) is 67.1 Å². The fourth-order valence-corrected chi connectivity index (χ4v) is 14.1. The average molecular weight is 1470 g/mol. The van der Waals surface area contributed by atoms with Crippen LogP contribution in [0.5, 0.6) is 0 Å². The number of ether oxygens (including phenoxy) is 6. The highest BCUT2D eigenvalue weighted by Gasteiger charge is 2.60. The lowest BCUT2D eigenvalue weighted by Crippen LogP contribution is -2.70. The molecule has 0 aromatic carbocycles. The summed E-state index contributed by atoms with van der Waals surface area (Å²) >= 11 is 0. The van der Waals surface area contributed by atoms with E-state index in [-0.39, 0.29) is 12.3 Å². The van der Waals surface area contributed by atoms with Crippen molar-refractivity contribution in [1.29, 1.82) is 0 Å². The number of amides is 2. The summed E-state index contributed by atoms with van der Waals surface area (Å²) in [5, 5.41) is 136. The molecule has 18 unspecified atom stereocenters. The second kappa shape index (κ2) is 58.9. The van der Waals surface area contributed by atoms with E-state index >= 15 is 0 Å². The molecule has 0 aromatic rings. The van der Waals surface area contributed by atoms with Crippen LogP contribution < -0.4 is 10.6 Å². The highest BCUT2D eigenvalue weighted by Crippen LogP contribution is 2.39. The molecule has 3 fully saturated rings. The second-order valence-electron chi connectivity index (χ2n) is 29.6. The van der Waals surface area contributed by atoms with E-state index in [4.69, 9.17) is 28.4 Å². The van der Waals surface area contributed by atoms with E-state index in [0.29, 0.717) is 12.8 Å². The number of hydrogen-bond acceptors (Lipinski definition) is 20. The zero-order valence-corrected chi connectivity index (χ0v) is 63.7. The van der Waals surface area contributed by atoms with E-state index in [1.54, 1.807) is 6.08 Å². The summed E-state index contributed by atoms with van der Waals surface area (Å²) in [6, 6.07) is -2.62. The molecule has 602 valence electrons. The maximum atomic E-state index is 13.5. The SMILES string of the molecule is CCCCCCCCCC/C=C/C(O)C(COC1OC(CO)C(OC2OC(CO)C(O)C(OC3(C(=O)O)CC(O)C(NC(C)=O)C(C(O)C(O)CO)O3)C2O)C(O)C1O)NC(=O)CCCCCCCCCCCCCCCCCCC/C=C\C/C=C\CCCCCCCCCCCCCCCCC. The maximum absolute atomic E-state index is 13.5. The molecule has 23 heteroatoms. The lowest BCUT2D eigenvalue weighted by atomic mass is 9.88. The minimum atomic E-state index is -3.08. The molecule has 0 spiro atoms. The average Bonchev–Trinajstić information content (AvgIpc) is 0.755. The predicted octanol–water partition coefficient (Wildman–Crippen LogP) is 10.9. The molecule has 0 bridgehead atoms. The van der Waals surface area contributed by atoms with E-state index < -0.39 is 155 Å². The van der Waals surface area contributed by atoms with Crippen LogP contribution >= 0.6 is 0 Å². The zero-order valence-electron chi connectivity index (χ0n) is 63.7. The van der Waals surface area contributed by atoms with Crippen molar-refractivity contribution in [2.24, 2.45) is 0 Å². The van der Waals surface area contributed by atoms with Crippen LogP contribution in [0.15, 0.2) is 36.5 Å². The molecule has 14 N–H and O–H groups in total. The highest BCUT2D eigenvalue weighted by molar-refractivity contribution is 5.77. The van der Waals surface area contributed by atoms with E-state index in [0.717, 1.165) is 58.3 Å². The molecule has 23 nitrogen and oxygen atoms in total. The number of aliphatic hydroxyl groups excluding tert-OH is 11. The van der Waals surface area contributed by atoms with Crippen LogP contribution in [0.25, 0.3) is 0 Å². The topological polar surface area (TPSA) is 373 Å². The van der Waals surface area contributed by atoms with E-state index in [2.05, 4.69) is 48.8 Å². The van der Waals surface area contributed by atoms with Gasteiger partial charge < -0.3 is 100 Å². The summed E-state index contributed by atoms with van der Waals surface area (Å²) < 4.78 is 34.8. The van der Waals surface area contributed by atoms with Crippen molar-refractivity contribution in [2.45, 2.75) is 426 Å². The Balaban J connectivity index is 1.37. The van der Waals surface area contributed by atoms with Gasteiger partial charge in [0.2, 0.25) is 11.8 Å². The molecule has 3 aliphatic rings. The molecule has 3 aliphatic heterocycles. The molecule has 0 aliphatic carbocycles. The lowest BCUT2D eigenvalue weighted by molar-refractivity contribution is -0.386. The van der Waals surface area contributed by atoms with Gasteiger partial charge in [-0.2, -0.15) is 0 Å². The van der Waals surface area contributed by atoms with Gasteiger partial charge in [0.05, 0.1) is 50.7 Å². The minimum Gasteiger partial charge on any atom is -0.477 e. The number of allylic oxidation sites excluding steroid dienone is 5. The van der Waals surface area contributed by atoms with Crippen molar-refractivity contribution in [3.05, 3.63) is 36.5 Å². The monoisotopic (exact) mass is 1470 g/mol. The number of aliphatic carboxylic acids is 1. The zero-order chi connectivity index (χ0) is 75.3. The highest BCUT2D eigenvalue weighted by atomic mass is 16.8. The number of rotatable bonds is 64. The summed E-state index contributed by atoms with van der Waals surface area (Å²) in [6.45, 7) is 2.12. The van der Waals surface area contributed by atoms with Crippen molar-refractivity contribution in [1.82, 2.24) is 10.6 Å². The Bertz CT molecular complexity index is 2200. The Hall–Kier alpha value is -3.05. The summed E-state index contributed by atoms with van der Waals surface area (Å²) in [5.74, 6) is -6.14. The first kappa shape index (κ1) is 94.2. The van der Waals surface area contributed by atoms with Crippen LogP contribution in [0.4, 0.5) is 0 Å². The van der Waals surface area contributed by atoms with Crippen molar-refractivity contribution in [2.75, 3.05) is 26.4 Å². The molecule has 0 aromatic heterocycles. The fraction of sp³-hybridized carbons (Fsp3) is 0.887. The number of nitrogens with one attached hydrogen (secondary N) is 2. The van der Waals surface area contributed by atoms with Gasteiger partial charge in [-0.3, -0.25) is 9.59 Å². The molecular weight excluding hydrogens is 1320 g/mol. The Morgan fingerprint density at radius 3 is 1.37 bits per heavy atom. The third-order valence-electron chi connectivity index (χ3n) is 20.6. The Morgan fingerprint density at radius 1 is 0.515 bits per heavy atom. The summed E-state index contributed by atoms with van der Waals surface area (Å²) in [6.07, 6.45) is 38.3. The van der Waals surface area contributed by atoms with Crippen molar-refractivity contribution in [3.8, 4) is 0 Å². The number of hydrogen-bond donors (Lipinski definition) is 14. The first-order chi connectivity index (χ1) is 49.9. The number of carbonyl (C=O) groups is 3. The van der Waals surface area contributed by atoms with Gasteiger partial charge >= 0.3 is 5.97 Å². The number of carboxylic acid groups (broad SMARTS) is 1. The second-order valence-corrected chi connectivity index (χ2v) is 29.6. The molecule has 0 radical (unpaired) electrons. The van der Waals surface area contributed by atoms with E-state index in [1.165, 1.54) is 218 Å². The molecule has 0 saturated carbocycles. The first-order valence-electron chi connectivity index (χ1n) is 40.9. The largest absolute Gasteiger partial charge is 0.477 e. The normalized spacial score (nSPS) is 26.7. The van der Waals surface area contributed by atoms with Gasteiger partial charge in [0.25, 0.3) is 5.79 Å². The van der Waals surface area contributed by atoms with Crippen LogP contribution in [-0.4, -0.2) is 215 Å². The van der Waals surface area contributed by atoms with Gasteiger partial charge in [0, 0.05) is 19.8 Å². The molecule has 3 rings (SSSR count). The van der Waals surface area contributed by atoms with Crippen molar-refractivity contribution >= 4 is 17.8 Å². The number of unbranched alkanes of at least 4 members (excludes halogenated alkanes) is 40. The van der Waals surface area contributed by atoms with Gasteiger partial charge in [-0.05, 0) is 51.4 Å². The Morgan fingerprint density at radius 2 is 0.942 bits per heavy atom. The van der Waals surface area contributed by atoms with E-state index in [9.17, 15) is 75.7 Å². The van der Waals surface area contributed by atoms with Gasteiger partial charge in [-0.25, -0.2) is 4.79 Å². The maximum Gasteiger partial charge on any atom is 0.364 e. The van der Waals surface area contributed by atoms with Crippen LogP contribution in [0.3, 0.4) is 0 Å². The molecule has 103 heavy (non-hydrogen) atoms. The molecular formula is C80H146N2O21. The van der Waals surface area contributed by atoms with Gasteiger partial charge in [-0.15, -0.1) is 0 Å². The summed E-state index contributed by atoms with van der Waals surface area (Å²) in [7, 11) is 0. The summed E-state index contributed by atoms with van der Waals surface area (Å²) in [4.78, 5) is 38.6. The van der Waals surface area contributed by atoms with Crippen molar-refractivity contribution in [3.63, 3.8) is 0 Å². The number of carbonyl (C=O) groups excluding carboxylic acids is 2. The minimum absolute atomic E-state index is 0.201. The predicted molar refractivity (Wildman–Crippen MR) is 398 cm³/mol. The van der Waals surface area contributed by atoms with Crippen LogP contribution in [0.2, 0.25) is 0 Å². The number of carboxylic acids is 1. The third kappa shape index (κ3) is 39.2. The Kier molecular flexibility index (Phi) is 53.8. The number of aliphatic hydroxyl groups is 11. The standard InChI is InChI=1S/C80H146N2O21/c1-4-6-8-10-12-14-16-17-18-19-20-21-22-23-24-25-26-27-28-29-30-31-32-33-34-35-36-37-38-39-40-41-42-43-44-46-48-50-52-54-67(90)82-61(62(87)53-51-49-47-45-15-13-11-9-7-5-2)59-98-77-72(94)71(93)74(66(58-85)100-77)101-78-73(95)76(70(92)65(57-84)99-78)103-80(79(96)97)55-63(88)68(81-60(3)86)75(102-80)69(91)64(89)56-83/h26-27,29-30,51,53,61-66,68-78,83-85,87-89,91-95H,4-25,28,31-50,52,54-59H2,1-3H3,(H,81,86)(H,82,90)(H,96,97)/b27-26-,30-29-,53-51+. The third-order valence-corrected chi connectivity index (χ3v) is 20.6. The molecule has 3 heterocycles. The van der Waals surface area contributed by atoms with Crippen LogP contribution in [-0.2, 0) is 42.8 Å². The van der Waals surface area contributed by atoms with Crippen LogP contribution in [0.1, 0.15) is 316 Å². The fourth-order valence-electron chi connectivity index (χ4n) is 14.1. The quantitative estimate of drug-likeness (QED) is 0.0199. The van der Waals surface area contributed by atoms with Gasteiger partial charge in [-0.1, -0.05) is 281 Å². The van der Waals surface area contributed by atoms with Crippen molar-refractivity contribution < 1.29 is 104 Å².